The van der Waals surface area contributed by atoms with Gasteiger partial charge in [-0.25, -0.2) is 9.50 Å². The van der Waals surface area contributed by atoms with Gasteiger partial charge in [0, 0.05) is 43.5 Å². The number of hydrogen-bond donors (Lipinski definition) is 0. The molecule has 0 aromatic carbocycles. The first-order valence-corrected chi connectivity index (χ1v) is 10.3. The highest BCUT2D eigenvalue weighted by molar-refractivity contribution is 5.91. The summed E-state index contributed by atoms with van der Waals surface area (Å²) in [6, 6.07) is 1.91. The molecule has 2 saturated heterocycles. The Balaban J connectivity index is 1.40. The second-order valence-corrected chi connectivity index (χ2v) is 7.99. The van der Waals surface area contributed by atoms with Gasteiger partial charge in [0.15, 0.2) is 0 Å². The highest BCUT2D eigenvalue weighted by Crippen LogP contribution is 2.22. The molecule has 2 aromatic heterocycles. The zero-order valence-electron chi connectivity index (χ0n) is 16.7. The maximum absolute atomic E-state index is 12.9. The molecule has 0 saturated carbocycles. The molecular weight excluding hydrogens is 356 g/mol. The fourth-order valence-electron chi connectivity index (χ4n) is 4.28. The van der Waals surface area contributed by atoms with Gasteiger partial charge in [0.05, 0.1) is 0 Å². The number of aromatic nitrogens is 4. The second kappa shape index (κ2) is 7.85. The van der Waals surface area contributed by atoms with Crippen LogP contribution in [0.25, 0.3) is 5.78 Å². The number of aryl methyl sites for hydroxylation is 2. The minimum absolute atomic E-state index is 0.0303. The smallest absolute Gasteiger partial charge is 0.293 e. The van der Waals surface area contributed by atoms with E-state index in [4.69, 9.17) is 0 Å². The van der Waals surface area contributed by atoms with Crippen molar-refractivity contribution in [1.29, 1.82) is 0 Å². The quantitative estimate of drug-likeness (QED) is 0.791. The fourth-order valence-corrected chi connectivity index (χ4v) is 4.28. The Kier molecular flexibility index (Phi) is 5.28. The van der Waals surface area contributed by atoms with Gasteiger partial charge in [0.2, 0.25) is 11.7 Å². The topological polar surface area (TPSA) is 83.7 Å². The van der Waals surface area contributed by atoms with Gasteiger partial charge in [-0.2, -0.15) is 4.98 Å². The third kappa shape index (κ3) is 3.72. The Bertz CT molecular complexity index is 876. The maximum Gasteiger partial charge on any atom is 0.293 e. The van der Waals surface area contributed by atoms with Gasteiger partial charge in [-0.15, -0.1) is 5.10 Å². The van der Waals surface area contributed by atoms with Crippen LogP contribution < -0.4 is 0 Å². The first-order valence-electron chi connectivity index (χ1n) is 10.3. The molecule has 2 aromatic rings. The molecule has 0 spiro atoms. The number of hydrogen-bond acceptors (Lipinski definition) is 5. The summed E-state index contributed by atoms with van der Waals surface area (Å²) in [7, 11) is 0. The van der Waals surface area contributed by atoms with Crippen LogP contribution in [0.2, 0.25) is 0 Å². The number of likely N-dealkylation sites (tertiary alicyclic amines) is 2. The van der Waals surface area contributed by atoms with E-state index >= 15 is 0 Å². The first kappa shape index (κ1) is 18.8. The molecule has 2 amide bonds. The molecule has 0 radical (unpaired) electrons. The van der Waals surface area contributed by atoms with Crippen LogP contribution in [0.15, 0.2) is 6.07 Å². The van der Waals surface area contributed by atoms with Gasteiger partial charge in [-0.1, -0.05) is 12.8 Å². The van der Waals surface area contributed by atoms with E-state index in [1.165, 1.54) is 12.8 Å². The van der Waals surface area contributed by atoms with Gasteiger partial charge in [0.1, 0.15) is 0 Å². The monoisotopic (exact) mass is 384 g/mol. The fraction of sp³-hybridized carbons (Fsp3) is 0.650. The normalized spacial score (nSPS) is 19.1. The van der Waals surface area contributed by atoms with Gasteiger partial charge >= 0.3 is 0 Å². The third-order valence-corrected chi connectivity index (χ3v) is 5.86. The Hall–Kier alpha value is -2.51. The summed E-state index contributed by atoms with van der Waals surface area (Å²) < 4.78 is 1.61. The molecule has 4 heterocycles. The van der Waals surface area contributed by atoms with Crippen molar-refractivity contribution in [2.45, 2.75) is 52.4 Å². The summed E-state index contributed by atoms with van der Waals surface area (Å²) in [4.78, 5) is 38.2. The van der Waals surface area contributed by atoms with Crippen LogP contribution in [0.1, 0.15) is 60.5 Å². The Morgan fingerprint density at radius 2 is 1.61 bits per heavy atom. The number of carbonyl (C=O) groups is 2. The van der Waals surface area contributed by atoms with E-state index in [0.717, 1.165) is 37.3 Å². The van der Waals surface area contributed by atoms with Crippen LogP contribution in [0.5, 0.6) is 0 Å². The molecule has 2 fully saturated rings. The number of fused-ring (bicyclic) bond motifs is 1. The predicted octanol–water partition coefficient (Wildman–Crippen LogP) is 2.00. The van der Waals surface area contributed by atoms with Crippen molar-refractivity contribution < 1.29 is 9.59 Å². The van der Waals surface area contributed by atoms with Crippen molar-refractivity contribution in [3.63, 3.8) is 0 Å². The van der Waals surface area contributed by atoms with E-state index < -0.39 is 0 Å². The lowest BCUT2D eigenvalue weighted by Gasteiger charge is -2.33. The molecule has 8 nitrogen and oxygen atoms in total. The molecule has 8 heteroatoms. The molecule has 0 N–H and O–H groups in total. The lowest BCUT2D eigenvalue weighted by molar-refractivity contribution is -0.136. The van der Waals surface area contributed by atoms with Crippen LogP contribution >= 0.6 is 0 Å². The molecule has 0 aliphatic carbocycles. The molecule has 2 aliphatic heterocycles. The highest BCUT2D eigenvalue weighted by atomic mass is 16.2. The SMILES string of the molecule is Cc1cc(C)n2nc(C(=O)N3CCC(C(=O)N4CCCCCC4)CC3)nc2n1. The molecule has 28 heavy (non-hydrogen) atoms. The number of nitrogens with zero attached hydrogens (tertiary/aromatic N) is 6. The van der Waals surface area contributed by atoms with Gasteiger partial charge < -0.3 is 9.80 Å². The summed E-state index contributed by atoms with van der Waals surface area (Å²) >= 11 is 0. The average Bonchev–Trinajstić information content (AvgIpc) is 2.94. The second-order valence-electron chi connectivity index (χ2n) is 7.99. The first-order chi connectivity index (χ1) is 13.5. The summed E-state index contributed by atoms with van der Waals surface area (Å²) in [5.74, 6) is 0.756. The van der Waals surface area contributed by atoms with Gasteiger partial charge in [-0.3, -0.25) is 9.59 Å². The van der Waals surface area contributed by atoms with Crippen LogP contribution in [0.3, 0.4) is 0 Å². The van der Waals surface area contributed by atoms with Crippen molar-refractivity contribution in [3.8, 4) is 0 Å². The van der Waals surface area contributed by atoms with Crippen molar-refractivity contribution in [3.05, 3.63) is 23.3 Å². The summed E-state index contributed by atoms with van der Waals surface area (Å²) in [6.45, 7) is 6.73. The van der Waals surface area contributed by atoms with E-state index in [2.05, 4.69) is 15.1 Å². The standard InChI is InChI=1S/C20H28N6O2/c1-14-13-15(2)26-20(21-14)22-17(23-26)19(28)25-11-7-16(8-12-25)18(27)24-9-5-3-4-6-10-24/h13,16H,3-12H2,1-2H3. The van der Waals surface area contributed by atoms with Crippen LogP contribution in [0, 0.1) is 19.8 Å². The van der Waals surface area contributed by atoms with Crippen LogP contribution in [-0.4, -0.2) is 67.4 Å². The van der Waals surface area contributed by atoms with E-state index in [9.17, 15) is 9.59 Å². The van der Waals surface area contributed by atoms with Crippen molar-refractivity contribution >= 4 is 17.6 Å². The average molecular weight is 384 g/mol. The van der Waals surface area contributed by atoms with E-state index in [0.29, 0.717) is 31.7 Å². The zero-order valence-corrected chi connectivity index (χ0v) is 16.7. The van der Waals surface area contributed by atoms with Crippen LogP contribution in [-0.2, 0) is 4.79 Å². The Morgan fingerprint density at radius 3 is 2.29 bits per heavy atom. The lowest BCUT2D eigenvalue weighted by Crippen LogP contribution is -2.45. The van der Waals surface area contributed by atoms with E-state index in [1.807, 2.05) is 24.8 Å². The minimum atomic E-state index is -0.178. The molecule has 0 atom stereocenters. The lowest BCUT2D eigenvalue weighted by atomic mass is 9.95. The molecule has 0 bridgehead atoms. The highest BCUT2D eigenvalue weighted by Gasteiger charge is 2.32. The van der Waals surface area contributed by atoms with Crippen molar-refractivity contribution in [2.75, 3.05) is 26.2 Å². The largest absolute Gasteiger partial charge is 0.342 e. The molecule has 2 aliphatic rings. The third-order valence-electron chi connectivity index (χ3n) is 5.86. The van der Waals surface area contributed by atoms with Crippen molar-refractivity contribution in [1.82, 2.24) is 29.4 Å². The molecular formula is C20H28N6O2. The van der Waals surface area contributed by atoms with E-state index in [-0.39, 0.29) is 23.6 Å². The van der Waals surface area contributed by atoms with Crippen LogP contribution in [0.4, 0.5) is 0 Å². The molecule has 150 valence electrons. The van der Waals surface area contributed by atoms with E-state index in [1.54, 1.807) is 9.42 Å². The summed E-state index contributed by atoms with van der Waals surface area (Å²) in [6.07, 6.45) is 6.08. The number of carbonyl (C=O) groups excluding carboxylic acids is 2. The maximum atomic E-state index is 12.9. The number of rotatable bonds is 2. The van der Waals surface area contributed by atoms with Gasteiger partial charge in [-0.05, 0) is 45.6 Å². The summed E-state index contributed by atoms with van der Waals surface area (Å²) in [5.41, 5.74) is 1.75. The van der Waals surface area contributed by atoms with Crippen molar-refractivity contribution in [2.24, 2.45) is 5.92 Å². The predicted molar refractivity (Wildman–Crippen MR) is 104 cm³/mol. The number of amides is 2. The minimum Gasteiger partial charge on any atom is -0.342 e. The Labute approximate surface area is 164 Å². The molecule has 0 unspecified atom stereocenters. The summed E-state index contributed by atoms with van der Waals surface area (Å²) in [5, 5.41) is 4.34. The zero-order chi connectivity index (χ0) is 19.7. The molecule has 4 rings (SSSR count). The number of piperidine rings is 1. The Morgan fingerprint density at radius 1 is 0.929 bits per heavy atom. The van der Waals surface area contributed by atoms with Gasteiger partial charge in [0.25, 0.3) is 11.7 Å².